The number of hydrogen-bond donors (Lipinski definition) is 2. The largest absolute Gasteiger partial charge is 0.478 e. The zero-order chi connectivity index (χ0) is 13.1. The molecule has 0 spiro atoms. The third-order valence-electron chi connectivity index (χ3n) is 3.19. The molecular formula is C13H18N2O3. The van der Waals surface area contributed by atoms with Crippen LogP contribution in [0.25, 0.3) is 0 Å². The van der Waals surface area contributed by atoms with Crippen LogP contribution in [0, 0.1) is 6.92 Å². The second-order valence-electron chi connectivity index (χ2n) is 4.48. The molecule has 0 radical (unpaired) electrons. The monoisotopic (exact) mass is 250 g/mol. The minimum Gasteiger partial charge on any atom is -0.478 e. The Morgan fingerprint density at radius 3 is 2.89 bits per heavy atom. The van der Waals surface area contributed by atoms with Crippen LogP contribution in [-0.4, -0.2) is 37.4 Å². The van der Waals surface area contributed by atoms with Gasteiger partial charge in [-0.3, -0.25) is 0 Å². The normalized spacial score (nSPS) is 16.4. The maximum Gasteiger partial charge on any atom is 0.337 e. The van der Waals surface area contributed by atoms with E-state index in [4.69, 9.17) is 15.6 Å². The Kier molecular flexibility index (Phi) is 3.72. The van der Waals surface area contributed by atoms with E-state index in [1.165, 1.54) is 0 Å². The van der Waals surface area contributed by atoms with Gasteiger partial charge in [-0.2, -0.15) is 0 Å². The predicted octanol–water partition coefficient (Wildman–Crippen LogP) is 1.50. The van der Waals surface area contributed by atoms with Crippen molar-refractivity contribution in [1.29, 1.82) is 0 Å². The number of nitrogen functional groups attached to an aromatic ring is 1. The number of carbonyl (C=O) groups is 1. The summed E-state index contributed by atoms with van der Waals surface area (Å²) in [7, 11) is 0. The molecule has 0 amide bonds. The van der Waals surface area contributed by atoms with E-state index in [9.17, 15) is 4.79 Å². The van der Waals surface area contributed by atoms with Crippen LogP contribution in [0.5, 0.6) is 0 Å². The molecule has 98 valence electrons. The summed E-state index contributed by atoms with van der Waals surface area (Å²) in [5.74, 6) is -0.983. The lowest BCUT2D eigenvalue weighted by molar-refractivity contribution is 0.0698. The van der Waals surface area contributed by atoms with E-state index in [2.05, 4.69) is 4.90 Å². The van der Waals surface area contributed by atoms with Crippen molar-refractivity contribution in [3.8, 4) is 0 Å². The lowest BCUT2D eigenvalue weighted by Gasteiger charge is -2.23. The van der Waals surface area contributed by atoms with E-state index in [0.29, 0.717) is 12.3 Å². The first kappa shape index (κ1) is 12.7. The summed E-state index contributed by atoms with van der Waals surface area (Å²) in [5, 5.41) is 9.15. The fourth-order valence-electron chi connectivity index (χ4n) is 2.14. The molecule has 0 atom stereocenters. The van der Waals surface area contributed by atoms with Crippen LogP contribution in [0.15, 0.2) is 12.1 Å². The molecule has 0 unspecified atom stereocenters. The van der Waals surface area contributed by atoms with Gasteiger partial charge in [0.05, 0.1) is 12.2 Å². The topological polar surface area (TPSA) is 75.8 Å². The predicted molar refractivity (Wildman–Crippen MR) is 70.2 cm³/mol. The Morgan fingerprint density at radius 2 is 2.17 bits per heavy atom. The van der Waals surface area contributed by atoms with Gasteiger partial charge < -0.3 is 20.5 Å². The van der Waals surface area contributed by atoms with Gasteiger partial charge in [0.25, 0.3) is 0 Å². The van der Waals surface area contributed by atoms with E-state index in [0.717, 1.165) is 37.4 Å². The Labute approximate surface area is 106 Å². The molecule has 3 N–H and O–H groups in total. The van der Waals surface area contributed by atoms with Crippen LogP contribution in [0.2, 0.25) is 0 Å². The second kappa shape index (κ2) is 5.27. The van der Waals surface area contributed by atoms with Crippen molar-refractivity contribution in [2.75, 3.05) is 36.9 Å². The van der Waals surface area contributed by atoms with E-state index in [-0.39, 0.29) is 5.56 Å². The minimum atomic E-state index is -0.983. The molecule has 5 heteroatoms. The number of nitrogens with two attached hydrogens (primary N) is 1. The Hall–Kier alpha value is -1.75. The fourth-order valence-corrected chi connectivity index (χ4v) is 2.14. The van der Waals surface area contributed by atoms with Crippen molar-refractivity contribution in [3.05, 3.63) is 23.3 Å². The number of benzene rings is 1. The molecule has 1 saturated heterocycles. The fraction of sp³-hybridized carbons (Fsp3) is 0.462. The molecule has 0 aromatic heterocycles. The maximum atomic E-state index is 11.2. The van der Waals surface area contributed by atoms with Gasteiger partial charge in [-0.15, -0.1) is 0 Å². The standard InChI is InChI=1S/C13H18N2O3/c1-9-7-10(8-11(12(9)14)13(16)17)15-3-2-5-18-6-4-15/h7-8H,2-6,14H2,1H3,(H,16,17). The van der Waals surface area contributed by atoms with Crippen LogP contribution in [0.4, 0.5) is 11.4 Å². The van der Waals surface area contributed by atoms with Crippen molar-refractivity contribution in [1.82, 2.24) is 0 Å². The molecule has 2 rings (SSSR count). The van der Waals surface area contributed by atoms with Gasteiger partial charge in [0.1, 0.15) is 0 Å². The summed E-state index contributed by atoms with van der Waals surface area (Å²) < 4.78 is 5.40. The summed E-state index contributed by atoms with van der Waals surface area (Å²) in [4.78, 5) is 13.3. The highest BCUT2D eigenvalue weighted by Gasteiger charge is 2.16. The summed E-state index contributed by atoms with van der Waals surface area (Å²) in [6, 6.07) is 3.59. The summed E-state index contributed by atoms with van der Waals surface area (Å²) in [6.07, 6.45) is 0.950. The quantitative estimate of drug-likeness (QED) is 0.778. The molecular weight excluding hydrogens is 232 g/mol. The van der Waals surface area contributed by atoms with Gasteiger partial charge in [-0.25, -0.2) is 4.79 Å². The van der Waals surface area contributed by atoms with Crippen LogP contribution in [-0.2, 0) is 4.74 Å². The summed E-state index contributed by atoms with van der Waals surface area (Å²) >= 11 is 0. The molecule has 1 aromatic rings. The number of hydrogen-bond acceptors (Lipinski definition) is 4. The van der Waals surface area contributed by atoms with Gasteiger partial charge in [0.15, 0.2) is 0 Å². The SMILES string of the molecule is Cc1cc(N2CCCOCC2)cc(C(=O)O)c1N. The highest BCUT2D eigenvalue weighted by Crippen LogP contribution is 2.26. The first-order chi connectivity index (χ1) is 8.59. The molecule has 1 fully saturated rings. The van der Waals surface area contributed by atoms with Crippen molar-refractivity contribution in [2.24, 2.45) is 0 Å². The summed E-state index contributed by atoms with van der Waals surface area (Å²) in [5.41, 5.74) is 8.02. The smallest absolute Gasteiger partial charge is 0.337 e. The third kappa shape index (κ3) is 2.56. The minimum absolute atomic E-state index is 0.176. The molecule has 5 nitrogen and oxygen atoms in total. The maximum absolute atomic E-state index is 11.2. The first-order valence-electron chi connectivity index (χ1n) is 6.05. The number of aryl methyl sites for hydroxylation is 1. The lowest BCUT2D eigenvalue weighted by atomic mass is 10.1. The molecule has 18 heavy (non-hydrogen) atoms. The van der Waals surface area contributed by atoms with E-state index >= 15 is 0 Å². The zero-order valence-corrected chi connectivity index (χ0v) is 10.5. The molecule has 0 aliphatic carbocycles. The van der Waals surface area contributed by atoms with Crippen LogP contribution < -0.4 is 10.6 Å². The van der Waals surface area contributed by atoms with Gasteiger partial charge in [0, 0.05) is 31.1 Å². The Balaban J connectivity index is 2.35. The van der Waals surface area contributed by atoms with Crippen molar-refractivity contribution >= 4 is 17.3 Å². The van der Waals surface area contributed by atoms with Crippen LogP contribution in [0.1, 0.15) is 22.3 Å². The number of anilines is 2. The molecule has 1 heterocycles. The number of nitrogens with zero attached hydrogens (tertiary/aromatic N) is 1. The van der Waals surface area contributed by atoms with Crippen LogP contribution in [0.3, 0.4) is 0 Å². The Morgan fingerprint density at radius 1 is 1.39 bits per heavy atom. The van der Waals surface area contributed by atoms with E-state index in [1.54, 1.807) is 6.07 Å². The van der Waals surface area contributed by atoms with Gasteiger partial charge in [0.2, 0.25) is 0 Å². The molecule has 1 aliphatic heterocycles. The highest BCUT2D eigenvalue weighted by molar-refractivity contribution is 5.95. The number of carboxylic acid groups (broad SMARTS) is 1. The lowest BCUT2D eigenvalue weighted by Crippen LogP contribution is -2.26. The van der Waals surface area contributed by atoms with Crippen LogP contribution >= 0.6 is 0 Å². The number of carboxylic acids is 1. The van der Waals surface area contributed by atoms with Gasteiger partial charge in [-0.1, -0.05) is 0 Å². The van der Waals surface area contributed by atoms with Gasteiger partial charge in [-0.05, 0) is 31.0 Å². The Bertz CT molecular complexity index is 452. The average molecular weight is 250 g/mol. The van der Waals surface area contributed by atoms with Gasteiger partial charge >= 0.3 is 5.97 Å². The van der Waals surface area contributed by atoms with Crippen molar-refractivity contribution < 1.29 is 14.6 Å². The van der Waals surface area contributed by atoms with Crippen molar-refractivity contribution in [3.63, 3.8) is 0 Å². The molecule has 1 aromatic carbocycles. The second-order valence-corrected chi connectivity index (χ2v) is 4.48. The van der Waals surface area contributed by atoms with E-state index < -0.39 is 5.97 Å². The third-order valence-corrected chi connectivity index (χ3v) is 3.19. The number of ether oxygens (including phenoxy) is 1. The van der Waals surface area contributed by atoms with E-state index in [1.807, 2.05) is 13.0 Å². The number of rotatable bonds is 2. The molecule has 1 aliphatic rings. The zero-order valence-electron chi connectivity index (χ0n) is 10.5. The average Bonchev–Trinajstić information content (AvgIpc) is 2.60. The molecule has 0 bridgehead atoms. The molecule has 0 saturated carbocycles. The highest BCUT2D eigenvalue weighted by atomic mass is 16.5. The first-order valence-corrected chi connectivity index (χ1v) is 6.05. The van der Waals surface area contributed by atoms with Crippen molar-refractivity contribution in [2.45, 2.75) is 13.3 Å². The number of aromatic carboxylic acids is 1. The summed E-state index contributed by atoms with van der Waals surface area (Å²) in [6.45, 7) is 4.92.